The van der Waals surface area contributed by atoms with E-state index in [9.17, 15) is 9.50 Å². The quantitative estimate of drug-likeness (QED) is 0.836. The van der Waals surface area contributed by atoms with Crippen LogP contribution in [0.2, 0.25) is 5.02 Å². The summed E-state index contributed by atoms with van der Waals surface area (Å²) in [4.78, 5) is 0. The van der Waals surface area contributed by atoms with Crippen LogP contribution < -0.4 is 5.32 Å². The summed E-state index contributed by atoms with van der Waals surface area (Å²) >= 11 is 5.98. The predicted molar refractivity (Wildman–Crippen MR) is 64.1 cm³/mol. The lowest BCUT2D eigenvalue weighted by Crippen LogP contribution is -2.43. The molecular weight excluding hydrogens is 229 g/mol. The molecule has 0 aliphatic heterocycles. The van der Waals surface area contributed by atoms with Crippen molar-refractivity contribution in [2.24, 2.45) is 0 Å². The third-order valence-corrected chi connectivity index (χ3v) is 2.92. The van der Waals surface area contributed by atoms with E-state index in [1.165, 1.54) is 12.1 Å². The van der Waals surface area contributed by atoms with Gasteiger partial charge in [0.2, 0.25) is 0 Å². The highest BCUT2D eigenvalue weighted by Gasteiger charge is 2.27. The third-order valence-electron chi connectivity index (χ3n) is 2.61. The van der Waals surface area contributed by atoms with Crippen molar-refractivity contribution < 1.29 is 9.50 Å². The van der Waals surface area contributed by atoms with Gasteiger partial charge in [-0.15, -0.1) is 0 Å². The zero-order chi connectivity index (χ0) is 12.2. The molecule has 0 aliphatic rings. The highest BCUT2D eigenvalue weighted by molar-refractivity contribution is 6.31. The maximum atomic E-state index is 12.9. The normalized spacial score (nSPS) is 14.8. The second-order valence-electron chi connectivity index (χ2n) is 4.04. The molecule has 1 aromatic carbocycles. The highest BCUT2D eigenvalue weighted by Crippen LogP contribution is 2.28. The van der Waals surface area contributed by atoms with Crippen molar-refractivity contribution in [2.75, 3.05) is 13.2 Å². The minimum atomic E-state index is -0.624. The van der Waals surface area contributed by atoms with E-state index >= 15 is 0 Å². The SMILES string of the molecule is CCCNC(C)(CO)c1ccc(F)cc1Cl. The van der Waals surface area contributed by atoms with Crippen molar-refractivity contribution in [3.05, 3.63) is 34.6 Å². The number of hydrogen-bond donors (Lipinski definition) is 2. The van der Waals surface area contributed by atoms with Gasteiger partial charge in [0.05, 0.1) is 12.1 Å². The molecule has 2 N–H and O–H groups in total. The van der Waals surface area contributed by atoms with Crippen LogP contribution in [0.3, 0.4) is 0 Å². The van der Waals surface area contributed by atoms with Crippen LogP contribution in [-0.4, -0.2) is 18.3 Å². The zero-order valence-corrected chi connectivity index (χ0v) is 10.3. The topological polar surface area (TPSA) is 32.3 Å². The monoisotopic (exact) mass is 245 g/mol. The van der Waals surface area contributed by atoms with Gasteiger partial charge in [-0.1, -0.05) is 24.6 Å². The van der Waals surface area contributed by atoms with Crippen LogP contribution in [0.25, 0.3) is 0 Å². The number of hydrogen-bond acceptors (Lipinski definition) is 2. The number of halogens is 2. The summed E-state index contributed by atoms with van der Waals surface area (Å²) < 4.78 is 12.9. The summed E-state index contributed by atoms with van der Waals surface area (Å²) in [6, 6.07) is 4.22. The molecule has 1 rings (SSSR count). The minimum Gasteiger partial charge on any atom is -0.394 e. The molecule has 0 aromatic heterocycles. The summed E-state index contributed by atoms with van der Waals surface area (Å²) in [7, 11) is 0. The molecule has 4 heteroatoms. The minimum absolute atomic E-state index is 0.0850. The zero-order valence-electron chi connectivity index (χ0n) is 9.56. The van der Waals surface area contributed by atoms with Crippen LogP contribution >= 0.6 is 11.6 Å². The lowest BCUT2D eigenvalue weighted by Gasteiger charge is -2.30. The average molecular weight is 246 g/mol. The molecule has 1 atom stereocenters. The van der Waals surface area contributed by atoms with Crippen LogP contribution in [0.5, 0.6) is 0 Å². The Kier molecular flexibility index (Phi) is 4.71. The Morgan fingerprint density at radius 2 is 2.19 bits per heavy atom. The van der Waals surface area contributed by atoms with Gasteiger partial charge in [0.15, 0.2) is 0 Å². The van der Waals surface area contributed by atoms with Gasteiger partial charge in [0.25, 0.3) is 0 Å². The molecule has 90 valence electrons. The Hall–Kier alpha value is -0.640. The number of aliphatic hydroxyl groups excluding tert-OH is 1. The molecule has 1 unspecified atom stereocenters. The maximum Gasteiger partial charge on any atom is 0.124 e. The molecule has 0 heterocycles. The largest absolute Gasteiger partial charge is 0.394 e. The van der Waals surface area contributed by atoms with Crippen LogP contribution in [0.15, 0.2) is 18.2 Å². The van der Waals surface area contributed by atoms with Gasteiger partial charge in [-0.2, -0.15) is 0 Å². The molecule has 0 spiro atoms. The Labute approximate surface area is 100 Å². The van der Waals surface area contributed by atoms with E-state index in [2.05, 4.69) is 5.32 Å². The van der Waals surface area contributed by atoms with E-state index in [0.29, 0.717) is 10.6 Å². The fourth-order valence-electron chi connectivity index (χ4n) is 1.57. The summed E-state index contributed by atoms with van der Waals surface area (Å²) in [5.41, 5.74) is 0.0902. The molecule has 0 fully saturated rings. The van der Waals surface area contributed by atoms with Gasteiger partial charge in [0.1, 0.15) is 5.82 Å². The van der Waals surface area contributed by atoms with Crippen molar-refractivity contribution >= 4 is 11.6 Å². The van der Waals surface area contributed by atoms with Crippen molar-refractivity contribution in [1.82, 2.24) is 5.32 Å². The predicted octanol–water partition coefficient (Wildman–Crippen LogP) is 2.69. The number of rotatable bonds is 5. The first-order valence-electron chi connectivity index (χ1n) is 5.35. The van der Waals surface area contributed by atoms with Crippen LogP contribution in [0.4, 0.5) is 4.39 Å². The van der Waals surface area contributed by atoms with Crippen LogP contribution in [0.1, 0.15) is 25.8 Å². The Balaban J connectivity index is 3.02. The molecule has 0 saturated heterocycles. The molecule has 0 amide bonds. The van der Waals surface area contributed by atoms with E-state index in [1.807, 2.05) is 13.8 Å². The lowest BCUT2D eigenvalue weighted by molar-refractivity contribution is 0.175. The fraction of sp³-hybridized carbons (Fsp3) is 0.500. The van der Waals surface area contributed by atoms with Crippen LogP contribution in [0, 0.1) is 5.82 Å². The van der Waals surface area contributed by atoms with Crippen LogP contribution in [-0.2, 0) is 5.54 Å². The van der Waals surface area contributed by atoms with Crippen molar-refractivity contribution in [2.45, 2.75) is 25.8 Å². The molecule has 0 saturated carbocycles. The first-order valence-corrected chi connectivity index (χ1v) is 5.72. The summed E-state index contributed by atoms with van der Waals surface area (Å²) in [6.45, 7) is 4.57. The van der Waals surface area contributed by atoms with Gasteiger partial charge in [-0.3, -0.25) is 0 Å². The first kappa shape index (κ1) is 13.4. The van der Waals surface area contributed by atoms with Gasteiger partial charge in [-0.25, -0.2) is 4.39 Å². The van der Waals surface area contributed by atoms with E-state index in [1.54, 1.807) is 6.07 Å². The molecule has 0 radical (unpaired) electrons. The number of benzene rings is 1. The molecule has 0 aliphatic carbocycles. The van der Waals surface area contributed by atoms with E-state index in [4.69, 9.17) is 11.6 Å². The summed E-state index contributed by atoms with van der Waals surface area (Å²) in [5, 5.41) is 13.0. The number of nitrogens with one attached hydrogen (secondary N) is 1. The third kappa shape index (κ3) is 2.94. The smallest absolute Gasteiger partial charge is 0.124 e. The summed E-state index contributed by atoms with van der Waals surface area (Å²) in [6.07, 6.45) is 0.953. The molecule has 16 heavy (non-hydrogen) atoms. The fourth-order valence-corrected chi connectivity index (χ4v) is 1.95. The Bertz CT molecular complexity index is 359. The Morgan fingerprint density at radius 1 is 1.50 bits per heavy atom. The van der Waals surface area contributed by atoms with E-state index in [0.717, 1.165) is 13.0 Å². The van der Waals surface area contributed by atoms with Gasteiger partial charge in [0, 0.05) is 5.02 Å². The maximum absolute atomic E-state index is 12.9. The van der Waals surface area contributed by atoms with E-state index in [-0.39, 0.29) is 12.4 Å². The average Bonchev–Trinajstić information content (AvgIpc) is 2.26. The first-order chi connectivity index (χ1) is 7.53. The van der Waals surface area contributed by atoms with Crippen molar-refractivity contribution in [1.29, 1.82) is 0 Å². The van der Waals surface area contributed by atoms with Crippen molar-refractivity contribution in [3.63, 3.8) is 0 Å². The standard InChI is InChI=1S/C12H17ClFNO/c1-3-6-15-12(2,8-16)10-5-4-9(14)7-11(10)13/h4-5,7,15-16H,3,6,8H2,1-2H3. The number of aliphatic hydroxyl groups is 1. The van der Waals surface area contributed by atoms with E-state index < -0.39 is 5.54 Å². The van der Waals surface area contributed by atoms with Gasteiger partial charge < -0.3 is 10.4 Å². The molecular formula is C12H17ClFNO. The second kappa shape index (κ2) is 5.62. The Morgan fingerprint density at radius 3 is 2.69 bits per heavy atom. The lowest BCUT2D eigenvalue weighted by atomic mass is 9.92. The molecule has 2 nitrogen and oxygen atoms in total. The van der Waals surface area contributed by atoms with Gasteiger partial charge >= 0.3 is 0 Å². The van der Waals surface area contributed by atoms with Gasteiger partial charge in [-0.05, 0) is 37.6 Å². The highest BCUT2D eigenvalue weighted by atomic mass is 35.5. The molecule has 1 aromatic rings. The van der Waals surface area contributed by atoms with Crippen molar-refractivity contribution in [3.8, 4) is 0 Å². The second-order valence-corrected chi connectivity index (χ2v) is 4.45. The summed E-state index contributed by atoms with van der Waals surface area (Å²) in [5.74, 6) is -0.371. The molecule has 0 bridgehead atoms.